The fourth-order valence-electron chi connectivity index (χ4n) is 0.917. The first-order valence-corrected chi connectivity index (χ1v) is 5.91. The molecule has 0 heterocycles. The number of amides is 1. The second-order valence-corrected chi connectivity index (χ2v) is 4.83. The lowest BCUT2D eigenvalue weighted by atomic mass is 10.2. The molecule has 6 nitrogen and oxygen atoms in total. The number of alkyl carbamates (subject to hydrolysis) is 1. The first-order chi connectivity index (χ1) is 8.24. The normalized spacial score (nSPS) is 11.7. The molecule has 0 aliphatic heterocycles. The van der Waals surface area contributed by atoms with Gasteiger partial charge in [0.05, 0.1) is 5.82 Å². The van der Waals surface area contributed by atoms with Crippen LogP contribution < -0.4 is 16.0 Å². The SMILES string of the molecule is C=C(NCCNC(=O)OC(C)(C)C)NC(Cl)=NC. The number of amidine groups is 1. The van der Waals surface area contributed by atoms with Crippen LogP contribution in [0.15, 0.2) is 17.4 Å². The highest BCUT2D eigenvalue weighted by Crippen LogP contribution is 2.05. The summed E-state index contributed by atoms with van der Waals surface area (Å²) in [6.07, 6.45) is -0.448. The standard InChI is InChI=1S/C11H21ClN4O2/c1-8(16-9(12)13-5)14-6-7-15-10(17)18-11(2,3)4/h14H,1,6-7H2,2-5H3,(H,13,16)(H,15,17). The molecule has 104 valence electrons. The number of halogens is 1. The molecule has 0 spiro atoms. The molecular weight excluding hydrogens is 256 g/mol. The summed E-state index contributed by atoms with van der Waals surface area (Å²) in [6, 6.07) is 0. The van der Waals surface area contributed by atoms with Gasteiger partial charge in [-0.2, -0.15) is 0 Å². The van der Waals surface area contributed by atoms with Crippen molar-refractivity contribution in [2.24, 2.45) is 4.99 Å². The van der Waals surface area contributed by atoms with Crippen LogP contribution in [0.5, 0.6) is 0 Å². The molecule has 7 heteroatoms. The first-order valence-electron chi connectivity index (χ1n) is 5.53. The Morgan fingerprint density at radius 2 is 1.89 bits per heavy atom. The number of hydrogen-bond donors (Lipinski definition) is 3. The third-order valence-electron chi connectivity index (χ3n) is 1.58. The van der Waals surface area contributed by atoms with Gasteiger partial charge in [-0.25, -0.2) is 4.79 Å². The Morgan fingerprint density at radius 1 is 1.33 bits per heavy atom. The van der Waals surface area contributed by atoms with Crippen molar-refractivity contribution in [2.45, 2.75) is 26.4 Å². The van der Waals surface area contributed by atoms with E-state index in [2.05, 4.69) is 27.5 Å². The van der Waals surface area contributed by atoms with Gasteiger partial charge in [0.1, 0.15) is 5.60 Å². The predicted molar refractivity (Wildman–Crippen MR) is 73.7 cm³/mol. The third kappa shape index (κ3) is 9.77. The van der Waals surface area contributed by atoms with Gasteiger partial charge in [-0.1, -0.05) is 6.58 Å². The van der Waals surface area contributed by atoms with E-state index < -0.39 is 11.7 Å². The summed E-state index contributed by atoms with van der Waals surface area (Å²) in [5.74, 6) is 0.511. The minimum Gasteiger partial charge on any atom is -0.444 e. The second-order valence-electron chi connectivity index (χ2n) is 4.47. The maximum atomic E-state index is 11.3. The number of carbonyl (C=O) groups excluding carboxylic acids is 1. The number of carbonyl (C=O) groups is 1. The lowest BCUT2D eigenvalue weighted by Gasteiger charge is -2.19. The molecule has 1 amide bonds. The Bertz CT molecular complexity index is 323. The van der Waals surface area contributed by atoms with Crippen molar-refractivity contribution in [1.82, 2.24) is 16.0 Å². The average molecular weight is 277 g/mol. The zero-order valence-corrected chi connectivity index (χ0v) is 12.0. The van der Waals surface area contributed by atoms with Gasteiger partial charge in [-0.15, -0.1) is 0 Å². The van der Waals surface area contributed by atoms with Crippen molar-refractivity contribution in [2.75, 3.05) is 20.1 Å². The molecule has 0 aliphatic carbocycles. The highest BCUT2D eigenvalue weighted by molar-refractivity contribution is 6.64. The molecule has 0 bridgehead atoms. The van der Waals surface area contributed by atoms with Crippen molar-refractivity contribution in [3.63, 3.8) is 0 Å². The van der Waals surface area contributed by atoms with Gasteiger partial charge in [0.2, 0.25) is 0 Å². The monoisotopic (exact) mass is 276 g/mol. The van der Waals surface area contributed by atoms with E-state index in [4.69, 9.17) is 16.3 Å². The van der Waals surface area contributed by atoms with Crippen molar-refractivity contribution < 1.29 is 9.53 Å². The van der Waals surface area contributed by atoms with Crippen molar-refractivity contribution >= 4 is 23.0 Å². The van der Waals surface area contributed by atoms with Gasteiger partial charge < -0.3 is 20.7 Å². The zero-order chi connectivity index (χ0) is 14.2. The summed E-state index contributed by atoms with van der Waals surface area (Å²) >= 11 is 5.64. The van der Waals surface area contributed by atoms with E-state index in [9.17, 15) is 4.79 Å². The molecule has 0 aromatic rings. The molecule has 0 radical (unpaired) electrons. The van der Waals surface area contributed by atoms with E-state index in [1.807, 2.05) is 20.8 Å². The summed E-state index contributed by atoms with van der Waals surface area (Å²) in [5.41, 5.74) is -0.492. The van der Waals surface area contributed by atoms with Crippen LogP contribution in [-0.4, -0.2) is 37.1 Å². The number of aliphatic imine (C=N–C) groups is 1. The van der Waals surface area contributed by atoms with Crippen LogP contribution in [0.4, 0.5) is 4.79 Å². The number of hydrogen-bond acceptors (Lipinski definition) is 4. The van der Waals surface area contributed by atoms with E-state index in [0.29, 0.717) is 18.9 Å². The first kappa shape index (κ1) is 16.6. The van der Waals surface area contributed by atoms with Crippen LogP contribution in [0.25, 0.3) is 0 Å². The lowest BCUT2D eigenvalue weighted by Crippen LogP contribution is -2.38. The molecule has 18 heavy (non-hydrogen) atoms. The van der Waals surface area contributed by atoms with Crippen LogP contribution in [-0.2, 0) is 4.74 Å². The van der Waals surface area contributed by atoms with Crippen LogP contribution in [0.3, 0.4) is 0 Å². The number of nitrogens with zero attached hydrogens (tertiary/aromatic N) is 1. The summed E-state index contributed by atoms with van der Waals surface area (Å²) in [4.78, 5) is 15.0. The van der Waals surface area contributed by atoms with Crippen LogP contribution in [0.1, 0.15) is 20.8 Å². The van der Waals surface area contributed by atoms with E-state index in [1.165, 1.54) is 0 Å². The molecule has 3 N–H and O–H groups in total. The van der Waals surface area contributed by atoms with Gasteiger partial charge in [-0.3, -0.25) is 4.99 Å². The molecule has 0 saturated carbocycles. The third-order valence-corrected chi connectivity index (χ3v) is 1.85. The van der Waals surface area contributed by atoms with Crippen molar-refractivity contribution in [3.05, 3.63) is 12.4 Å². The largest absolute Gasteiger partial charge is 0.444 e. The number of nitrogens with one attached hydrogen (secondary N) is 3. The molecule has 0 atom stereocenters. The van der Waals surface area contributed by atoms with E-state index in [-0.39, 0.29) is 5.29 Å². The minimum atomic E-state index is -0.492. The smallest absolute Gasteiger partial charge is 0.407 e. The molecule has 0 saturated heterocycles. The fourth-order valence-corrected chi connectivity index (χ4v) is 1.03. The Labute approximate surface area is 113 Å². The predicted octanol–water partition coefficient (Wildman–Crippen LogP) is 1.39. The van der Waals surface area contributed by atoms with Gasteiger partial charge in [0, 0.05) is 20.1 Å². The Hall–Kier alpha value is -1.43. The van der Waals surface area contributed by atoms with Gasteiger partial charge in [-0.05, 0) is 32.4 Å². The highest BCUT2D eigenvalue weighted by Gasteiger charge is 2.15. The van der Waals surface area contributed by atoms with Gasteiger partial charge >= 0.3 is 6.09 Å². The molecule has 0 aromatic heterocycles. The van der Waals surface area contributed by atoms with Crippen molar-refractivity contribution in [3.8, 4) is 0 Å². The average Bonchev–Trinajstić information content (AvgIpc) is 2.21. The van der Waals surface area contributed by atoms with Crippen LogP contribution >= 0.6 is 11.6 Å². The lowest BCUT2D eigenvalue weighted by molar-refractivity contribution is 0.0528. The Morgan fingerprint density at radius 3 is 2.39 bits per heavy atom. The molecule has 0 aromatic carbocycles. The topological polar surface area (TPSA) is 74.8 Å². The Kier molecular flexibility index (Phi) is 7.19. The minimum absolute atomic E-state index is 0.243. The van der Waals surface area contributed by atoms with Crippen LogP contribution in [0, 0.1) is 0 Å². The molecular formula is C11H21ClN4O2. The molecule has 0 unspecified atom stereocenters. The molecule has 0 fully saturated rings. The van der Waals surface area contributed by atoms with Crippen molar-refractivity contribution in [1.29, 1.82) is 0 Å². The quantitative estimate of drug-likeness (QED) is 0.307. The maximum absolute atomic E-state index is 11.3. The highest BCUT2D eigenvalue weighted by atomic mass is 35.5. The summed E-state index contributed by atoms with van der Waals surface area (Å²) in [5, 5.41) is 8.50. The number of ether oxygens (including phenoxy) is 1. The fraction of sp³-hybridized carbons (Fsp3) is 0.636. The van der Waals surface area contributed by atoms with E-state index >= 15 is 0 Å². The molecule has 0 rings (SSSR count). The van der Waals surface area contributed by atoms with Gasteiger partial charge in [0.15, 0.2) is 5.29 Å². The van der Waals surface area contributed by atoms with E-state index in [1.54, 1.807) is 7.05 Å². The zero-order valence-electron chi connectivity index (χ0n) is 11.3. The summed E-state index contributed by atoms with van der Waals surface area (Å²) in [6.45, 7) is 10.0. The Balaban J connectivity index is 3.68. The summed E-state index contributed by atoms with van der Waals surface area (Å²) < 4.78 is 5.07. The summed E-state index contributed by atoms with van der Waals surface area (Å²) in [7, 11) is 1.56. The molecule has 0 aliphatic rings. The van der Waals surface area contributed by atoms with Crippen LogP contribution in [0.2, 0.25) is 0 Å². The van der Waals surface area contributed by atoms with E-state index in [0.717, 1.165) is 0 Å². The van der Waals surface area contributed by atoms with Gasteiger partial charge in [0.25, 0.3) is 0 Å². The number of rotatable bonds is 5. The maximum Gasteiger partial charge on any atom is 0.407 e. The second kappa shape index (κ2) is 7.81.